The molecule has 0 unspecified atom stereocenters. The second-order valence-electron chi connectivity index (χ2n) is 8.12. The first-order valence-electron chi connectivity index (χ1n) is 12.1. The predicted molar refractivity (Wildman–Crippen MR) is 127 cm³/mol. The van der Waals surface area contributed by atoms with Crippen molar-refractivity contribution in [1.29, 1.82) is 0 Å². The van der Waals surface area contributed by atoms with Gasteiger partial charge >= 0.3 is 0 Å². The lowest BCUT2D eigenvalue weighted by Crippen LogP contribution is -2.07. The van der Waals surface area contributed by atoms with Crippen LogP contribution in [-0.4, -0.2) is 24.8 Å². The molecule has 1 heterocycles. The maximum Gasteiger partial charge on any atom is 0.119 e. The maximum atomic E-state index is 5.78. The van der Waals surface area contributed by atoms with E-state index in [-0.39, 0.29) is 0 Å². The van der Waals surface area contributed by atoms with Gasteiger partial charge in [-0.1, -0.05) is 71.3 Å². The van der Waals surface area contributed by atoms with Crippen molar-refractivity contribution in [1.82, 2.24) is 4.98 Å². The Kier molecular flexibility index (Phi) is 12.9. The topological polar surface area (TPSA) is 31.4 Å². The molecule has 0 bridgehead atoms. The molecule has 30 heavy (non-hydrogen) atoms. The van der Waals surface area contributed by atoms with Crippen LogP contribution in [0, 0.1) is 0 Å². The molecule has 0 atom stereocenters. The SMILES string of the molecule is CCCCCCCCc1ccc(-c2ccc(OCCOCCCCCC)cc2)nc1. The average Bonchev–Trinajstić information content (AvgIpc) is 2.79. The number of hydrogen-bond acceptors (Lipinski definition) is 3. The van der Waals surface area contributed by atoms with Crippen LogP contribution < -0.4 is 4.74 Å². The van der Waals surface area contributed by atoms with Crippen molar-refractivity contribution in [2.45, 2.75) is 84.5 Å². The quantitative estimate of drug-likeness (QED) is 0.251. The van der Waals surface area contributed by atoms with Crippen molar-refractivity contribution >= 4 is 0 Å². The largest absolute Gasteiger partial charge is 0.491 e. The van der Waals surface area contributed by atoms with Crippen LogP contribution in [0.1, 0.15) is 83.6 Å². The van der Waals surface area contributed by atoms with E-state index in [9.17, 15) is 0 Å². The van der Waals surface area contributed by atoms with Crippen LogP contribution >= 0.6 is 0 Å². The first-order valence-corrected chi connectivity index (χ1v) is 12.1. The Balaban J connectivity index is 1.65. The van der Waals surface area contributed by atoms with Crippen LogP contribution in [0.25, 0.3) is 11.3 Å². The van der Waals surface area contributed by atoms with Crippen LogP contribution in [0.4, 0.5) is 0 Å². The number of benzene rings is 1. The van der Waals surface area contributed by atoms with E-state index in [1.807, 2.05) is 18.3 Å². The third kappa shape index (κ3) is 10.2. The van der Waals surface area contributed by atoms with Gasteiger partial charge in [0.05, 0.1) is 12.3 Å². The number of hydrogen-bond donors (Lipinski definition) is 0. The first-order chi connectivity index (χ1) is 14.8. The summed E-state index contributed by atoms with van der Waals surface area (Å²) in [5.74, 6) is 0.882. The number of ether oxygens (including phenoxy) is 2. The minimum absolute atomic E-state index is 0.596. The molecule has 3 nitrogen and oxygen atoms in total. The van der Waals surface area contributed by atoms with Gasteiger partial charge in [-0.25, -0.2) is 0 Å². The summed E-state index contributed by atoms with van der Waals surface area (Å²) in [6, 6.07) is 12.5. The maximum absolute atomic E-state index is 5.78. The average molecular weight is 412 g/mol. The zero-order chi connectivity index (χ0) is 21.3. The molecule has 1 aromatic heterocycles. The molecule has 0 N–H and O–H groups in total. The Labute approximate surface area is 184 Å². The van der Waals surface area contributed by atoms with E-state index in [1.54, 1.807) is 0 Å². The van der Waals surface area contributed by atoms with Gasteiger partial charge < -0.3 is 9.47 Å². The first kappa shape index (κ1) is 24.4. The zero-order valence-electron chi connectivity index (χ0n) is 19.2. The molecule has 0 amide bonds. The van der Waals surface area contributed by atoms with Crippen LogP contribution in [0.5, 0.6) is 5.75 Å². The van der Waals surface area contributed by atoms with Gasteiger partial charge in [0.2, 0.25) is 0 Å². The highest BCUT2D eigenvalue weighted by molar-refractivity contribution is 5.60. The van der Waals surface area contributed by atoms with Gasteiger partial charge in [0.1, 0.15) is 12.4 Å². The van der Waals surface area contributed by atoms with Gasteiger partial charge in [-0.05, 0) is 55.2 Å². The lowest BCUT2D eigenvalue weighted by Gasteiger charge is -2.08. The molecule has 0 saturated carbocycles. The summed E-state index contributed by atoms with van der Waals surface area (Å²) in [6.45, 7) is 6.57. The molecular formula is C27H41NO2. The minimum Gasteiger partial charge on any atom is -0.491 e. The molecule has 0 aliphatic carbocycles. The minimum atomic E-state index is 0.596. The van der Waals surface area contributed by atoms with E-state index in [4.69, 9.17) is 9.47 Å². The summed E-state index contributed by atoms with van der Waals surface area (Å²) in [7, 11) is 0. The lowest BCUT2D eigenvalue weighted by atomic mass is 10.1. The Morgan fingerprint density at radius 1 is 0.667 bits per heavy atom. The highest BCUT2D eigenvalue weighted by Crippen LogP contribution is 2.21. The van der Waals surface area contributed by atoms with Gasteiger partial charge in [0.25, 0.3) is 0 Å². The predicted octanol–water partition coefficient (Wildman–Crippen LogP) is 7.63. The summed E-state index contributed by atoms with van der Waals surface area (Å²) < 4.78 is 11.4. The number of pyridine rings is 1. The summed E-state index contributed by atoms with van der Waals surface area (Å²) in [5.41, 5.74) is 3.48. The highest BCUT2D eigenvalue weighted by Gasteiger charge is 2.02. The fourth-order valence-corrected chi connectivity index (χ4v) is 3.53. The van der Waals surface area contributed by atoms with E-state index in [2.05, 4.69) is 43.1 Å². The molecule has 3 heteroatoms. The summed E-state index contributed by atoms with van der Waals surface area (Å²) in [6.07, 6.45) is 16.1. The fraction of sp³-hybridized carbons (Fsp3) is 0.593. The van der Waals surface area contributed by atoms with Crippen LogP contribution in [-0.2, 0) is 11.2 Å². The second-order valence-corrected chi connectivity index (χ2v) is 8.12. The second kappa shape index (κ2) is 15.9. The standard InChI is InChI=1S/C27H41NO2/c1-3-5-7-9-10-11-13-24-14-19-27(28-23-24)25-15-17-26(18-16-25)30-22-21-29-20-12-8-6-4-2/h14-19,23H,3-13,20-22H2,1-2H3. The number of nitrogens with zero attached hydrogens (tertiary/aromatic N) is 1. The third-order valence-corrected chi connectivity index (χ3v) is 5.43. The van der Waals surface area contributed by atoms with E-state index >= 15 is 0 Å². The molecule has 2 rings (SSSR count). The van der Waals surface area contributed by atoms with Crippen molar-refractivity contribution in [3.63, 3.8) is 0 Å². The van der Waals surface area contributed by atoms with E-state index in [1.165, 1.54) is 63.4 Å². The molecule has 0 aliphatic rings. The fourth-order valence-electron chi connectivity index (χ4n) is 3.53. The number of aromatic nitrogens is 1. The molecular weight excluding hydrogens is 370 g/mol. The molecule has 0 spiro atoms. The number of aryl methyl sites for hydroxylation is 1. The van der Waals surface area contributed by atoms with Crippen LogP contribution in [0.3, 0.4) is 0 Å². The lowest BCUT2D eigenvalue weighted by molar-refractivity contribution is 0.0971. The molecule has 1 aromatic carbocycles. The van der Waals surface area contributed by atoms with Gasteiger partial charge in [0, 0.05) is 18.4 Å². The van der Waals surface area contributed by atoms with Gasteiger partial charge in [-0.3, -0.25) is 4.98 Å². The Morgan fingerprint density at radius 2 is 1.37 bits per heavy atom. The molecule has 2 aromatic rings. The van der Waals surface area contributed by atoms with E-state index in [0.29, 0.717) is 13.2 Å². The molecule has 0 aliphatic heterocycles. The third-order valence-electron chi connectivity index (χ3n) is 5.43. The highest BCUT2D eigenvalue weighted by atomic mass is 16.5. The van der Waals surface area contributed by atoms with Crippen molar-refractivity contribution < 1.29 is 9.47 Å². The van der Waals surface area contributed by atoms with Crippen LogP contribution in [0.2, 0.25) is 0 Å². The van der Waals surface area contributed by atoms with E-state index < -0.39 is 0 Å². The van der Waals surface area contributed by atoms with Gasteiger partial charge in [-0.15, -0.1) is 0 Å². The van der Waals surface area contributed by atoms with Crippen molar-refractivity contribution in [2.24, 2.45) is 0 Å². The Morgan fingerprint density at radius 3 is 2.07 bits per heavy atom. The zero-order valence-corrected chi connectivity index (χ0v) is 19.2. The van der Waals surface area contributed by atoms with Gasteiger partial charge in [-0.2, -0.15) is 0 Å². The van der Waals surface area contributed by atoms with Crippen molar-refractivity contribution in [3.05, 3.63) is 48.2 Å². The molecule has 0 fully saturated rings. The number of rotatable bonds is 17. The molecule has 166 valence electrons. The van der Waals surface area contributed by atoms with Crippen LogP contribution in [0.15, 0.2) is 42.6 Å². The summed E-state index contributed by atoms with van der Waals surface area (Å²) in [4.78, 5) is 4.66. The van der Waals surface area contributed by atoms with Gasteiger partial charge in [0.15, 0.2) is 0 Å². The molecule has 0 saturated heterocycles. The summed E-state index contributed by atoms with van der Waals surface area (Å²) >= 11 is 0. The normalized spacial score (nSPS) is 11.0. The van der Waals surface area contributed by atoms with Crippen molar-refractivity contribution in [3.8, 4) is 17.0 Å². The summed E-state index contributed by atoms with van der Waals surface area (Å²) in [5, 5.41) is 0. The smallest absolute Gasteiger partial charge is 0.119 e. The Bertz CT molecular complexity index is 652. The molecule has 0 radical (unpaired) electrons. The number of unbranched alkanes of at least 4 members (excludes halogenated alkanes) is 8. The monoisotopic (exact) mass is 411 g/mol. The van der Waals surface area contributed by atoms with Crippen molar-refractivity contribution in [2.75, 3.05) is 19.8 Å². The van der Waals surface area contributed by atoms with E-state index in [0.717, 1.165) is 36.5 Å². The Hall–Kier alpha value is -1.87.